The van der Waals surface area contributed by atoms with Crippen LogP contribution in [0, 0.1) is 11.3 Å². The molecule has 0 radical (unpaired) electrons. The van der Waals surface area contributed by atoms with Crippen LogP contribution in [0.1, 0.15) is 11.3 Å². The van der Waals surface area contributed by atoms with Crippen LogP contribution < -0.4 is 5.32 Å². The highest BCUT2D eigenvalue weighted by Crippen LogP contribution is 2.20. The number of aromatic nitrogens is 3. The molecule has 0 unspecified atom stereocenters. The van der Waals surface area contributed by atoms with Gasteiger partial charge >= 0.3 is 0 Å². The molecule has 0 amide bonds. The van der Waals surface area contributed by atoms with Gasteiger partial charge in [0.05, 0.1) is 29.4 Å². The van der Waals surface area contributed by atoms with Gasteiger partial charge in [0, 0.05) is 18.6 Å². The Hall–Kier alpha value is -2.87. The topological polar surface area (TPSA) is 66.5 Å². The number of hydrogen-bond acceptors (Lipinski definition) is 4. The number of fused-ring (bicyclic) bond motifs is 1. The van der Waals surface area contributed by atoms with Gasteiger partial charge in [-0.1, -0.05) is 18.2 Å². The molecule has 0 aliphatic carbocycles. The van der Waals surface area contributed by atoms with Gasteiger partial charge in [0.1, 0.15) is 5.82 Å². The zero-order valence-corrected chi connectivity index (χ0v) is 11.0. The fraction of sp³-hybridized carbons (Fsp3) is 0.133. The maximum absolute atomic E-state index is 9.24. The number of hydrogen-bond donors (Lipinski definition) is 1. The van der Waals surface area contributed by atoms with E-state index in [1.807, 2.05) is 37.4 Å². The molecule has 2 aromatic heterocycles. The molecule has 0 aliphatic heterocycles. The quantitative estimate of drug-likeness (QED) is 0.788. The number of nitrogens with one attached hydrogen (secondary N) is 1. The lowest BCUT2D eigenvalue weighted by atomic mass is 10.1. The van der Waals surface area contributed by atoms with E-state index in [1.165, 1.54) is 0 Å². The molecule has 98 valence electrons. The highest BCUT2D eigenvalue weighted by molar-refractivity contribution is 5.86. The highest BCUT2D eigenvalue weighted by atomic mass is 15.3. The van der Waals surface area contributed by atoms with Crippen molar-refractivity contribution in [3.63, 3.8) is 0 Å². The zero-order valence-electron chi connectivity index (χ0n) is 11.0. The van der Waals surface area contributed by atoms with Gasteiger partial charge in [-0.3, -0.25) is 4.68 Å². The van der Waals surface area contributed by atoms with E-state index < -0.39 is 0 Å². The molecule has 20 heavy (non-hydrogen) atoms. The fourth-order valence-corrected chi connectivity index (χ4v) is 2.11. The molecule has 3 aromatic rings. The van der Waals surface area contributed by atoms with E-state index in [2.05, 4.69) is 21.5 Å². The van der Waals surface area contributed by atoms with Gasteiger partial charge < -0.3 is 5.32 Å². The maximum Gasteiger partial charge on any atom is 0.128 e. The average Bonchev–Trinajstić information content (AvgIpc) is 2.89. The highest BCUT2D eigenvalue weighted by Gasteiger charge is 2.05. The molecule has 1 N–H and O–H groups in total. The largest absolute Gasteiger partial charge is 0.364 e. The number of aryl methyl sites for hydroxylation is 1. The van der Waals surface area contributed by atoms with E-state index in [0.717, 1.165) is 16.6 Å². The SMILES string of the molecule is Cn1nccc1CNc1cc(C#N)c2ccccc2n1. The summed E-state index contributed by atoms with van der Waals surface area (Å²) < 4.78 is 1.80. The number of pyridine rings is 1. The van der Waals surface area contributed by atoms with E-state index in [0.29, 0.717) is 17.9 Å². The summed E-state index contributed by atoms with van der Waals surface area (Å²) in [5.74, 6) is 0.696. The molecule has 0 saturated heterocycles. The molecule has 3 rings (SSSR count). The average molecular weight is 263 g/mol. The summed E-state index contributed by atoms with van der Waals surface area (Å²) in [6, 6.07) is 13.6. The van der Waals surface area contributed by atoms with Crippen LogP contribution in [-0.4, -0.2) is 14.8 Å². The summed E-state index contributed by atoms with van der Waals surface area (Å²) in [6.07, 6.45) is 1.76. The Labute approximate surface area is 116 Å². The number of rotatable bonds is 3. The first-order valence-corrected chi connectivity index (χ1v) is 6.28. The Morgan fingerprint density at radius 2 is 2.15 bits per heavy atom. The molecule has 5 nitrogen and oxygen atoms in total. The number of para-hydroxylation sites is 1. The van der Waals surface area contributed by atoms with E-state index in [-0.39, 0.29) is 0 Å². The predicted molar refractivity (Wildman–Crippen MR) is 77.0 cm³/mol. The molecule has 0 saturated carbocycles. The van der Waals surface area contributed by atoms with Gasteiger partial charge in [-0.25, -0.2) is 4.98 Å². The second kappa shape index (κ2) is 5.02. The van der Waals surface area contributed by atoms with Crippen LogP contribution in [0.2, 0.25) is 0 Å². The van der Waals surface area contributed by atoms with Crippen molar-refractivity contribution in [3.05, 3.63) is 53.9 Å². The van der Waals surface area contributed by atoms with Gasteiger partial charge in [-0.15, -0.1) is 0 Å². The van der Waals surface area contributed by atoms with Crippen LogP contribution in [0.4, 0.5) is 5.82 Å². The molecular formula is C15H13N5. The lowest BCUT2D eigenvalue weighted by Gasteiger charge is -2.08. The van der Waals surface area contributed by atoms with Crippen molar-refractivity contribution in [3.8, 4) is 6.07 Å². The van der Waals surface area contributed by atoms with Gasteiger partial charge in [0.2, 0.25) is 0 Å². The summed E-state index contributed by atoms with van der Waals surface area (Å²) in [7, 11) is 1.89. The molecule has 2 heterocycles. The molecule has 0 bridgehead atoms. The monoisotopic (exact) mass is 263 g/mol. The fourth-order valence-electron chi connectivity index (χ4n) is 2.11. The van der Waals surface area contributed by atoms with Crippen molar-refractivity contribution in [1.82, 2.24) is 14.8 Å². The number of nitriles is 1. The summed E-state index contributed by atoms with van der Waals surface area (Å²) in [5, 5.41) is 17.5. The molecule has 1 aromatic carbocycles. The second-order valence-electron chi connectivity index (χ2n) is 4.48. The summed E-state index contributed by atoms with van der Waals surface area (Å²) in [5.41, 5.74) is 2.50. The van der Waals surface area contributed by atoms with E-state index >= 15 is 0 Å². The van der Waals surface area contributed by atoms with E-state index in [9.17, 15) is 5.26 Å². The minimum Gasteiger partial charge on any atom is -0.364 e. The smallest absolute Gasteiger partial charge is 0.128 e. The maximum atomic E-state index is 9.24. The van der Waals surface area contributed by atoms with Crippen molar-refractivity contribution in [2.45, 2.75) is 6.54 Å². The van der Waals surface area contributed by atoms with Crippen LogP contribution in [0.3, 0.4) is 0 Å². The molecule has 5 heteroatoms. The van der Waals surface area contributed by atoms with Crippen molar-refractivity contribution in [1.29, 1.82) is 5.26 Å². The van der Waals surface area contributed by atoms with Gasteiger partial charge in [-0.05, 0) is 18.2 Å². The van der Waals surface area contributed by atoms with Gasteiger partial charge in [-0.2, -0.15) is 10.4 Å². The number of benzene rings is 1. The van der Waals surface area contributed by atoms with Crippen molar-refractivity contribution in [2.75, 3.05) is 5.32 Å². The second-order valence-corrected chi connectivity index (χ2v) is 4.48. The molecule has 0 atom stereocenters. The Morgan fingerprint density at radius 3 is 2.90 bits per heavy atom. The Kier molecular flexibility index (Phi) is 3.05. The zero-order chi connectivity index (χ0) is 13.9. The van der Waals surface area contributed by atoms with Crippen molar-refractivity contribution < 1.29 is 0 Å². The Morgan fingerprint density at radius 1 is 1.30 bits per heavy atom. The molecule has 0 aliphatic rings. The molecule has 0 spiro atoms. The van der Waals surface area contributed by atoms with E-state index in [1.54, 1.807) is 16.9 Å². The van der Waals surface area contributed by atoms with Crippen molar-refractivity contribution >= 4 is 16.7 Å². The Balaban J connectivity index is 1.92. The Bertz CT molecular complexity index is 797. The number of nitrogens with zero attached hydrogens (tertiary/aromatic N) is 4. The van der Waals surface area contributed by atoms with Crippen LogP contribution in [0.15, 0.2) is 42.6 Å². The summed E-state index contributed by atoms with van der Waals surface area (Å²) >= 11 is 0. The standard InChI is InChI=1S/C15H13N5/c1-20-12(6-7-18-20)10-17-15-8-11(9-16)13-4-2-3-5-14(13)19-15/h2-8H,10H2,1H3,(H,17,19). The van der Waals surface area contributed by atoms with Crippen LogP contribution >= 0.6 is 0 Å². The lowest BCUT2D eigenvalue weighted by Crippen LogP contribution is -2.06. The third-order valence-corrected chi connectivity index (χ3v) is 3.21. The minimum atomic E-state index is 0.618. The summed E-state index contributed by atoms with van der Waals surface area (Å²) in [4.78, 5) is 4.52. The molecular weight excluding hydrogens is 250 g/mol. The van der Waals surface area contributed by atoms with Crippen LogP contribution in [-0.2, 0) is 13.6 Å². The predicted octanol–water partition coefficient (Wildman–Crippen LogP) is 2.45. The van der Waals surface area contributed by atoms with E-state index in [4.69, 9.17) is 0 Å². The van der Waals surface area contributed by atoms with Crippen LogP contribution in [0.25, 0.3) is 10.9 Å². The van der Waals surface area contributed by atoms with Gasteiger partial charge in [0.15, 0.2) is 0 Å². The van der Waals surface area contributed by atoms with Crippen molar-refractivity contribution in [2.24, 2.45) is 7.05 Å². The third-order valence-electron chi connectivity index (χ3n) is 3.21. The minimum absolute atomic E-state index is 0.618. The first-order chi connectivity index (χ1) is 9.78. The normalized spacial score (nSPS) is 10.4. The third kappa shape index (κ3) is 2.19. The lowest BCUT2D eigenvalue weighted by molar-refractivity contribution is 0.720. The number of anilines is 1. The summed E-state index contributed by atoms with van der Waals surface area (Å²) in [6.45, 7) is 0.618. The first kappa shape index (κ1) is 12.2. The molecule has 0 fully saturated rings. The van der Waals surface area contributed by atoms with Crippen LogP contribution in [0.5, 0.6) is 0 Å². The first-order valence-electron chi connectivity index (χ1n) is 6.28. The van der Waals surface area contributed by atoms with Gasteiger partial charge in [0.25, 0.3) is 0 Å².